The first-order chi connectivity index (χ1) is 7.19. The van der Waals surface area contributed by atoms with Gasteiger partial charge in [-0.15, -0.1) is 0 Å². The second kappa shape index (κ2) is 5.90. The van der Waals surface area contributed by atoms with E-state index in [1.54, 1.807) is 6.20 Å². The molecule has 1 rings (SSSR count). The first-order valence-electron chi connectivity index (χ1n) is 5.22. The normalized spacial score (nSPS) is 10.3. The standard InChI is InChI=1S/C10H17BrN4/c1-3-5-6-15(4-2)9-8(11)7-13-10(12)14-9/h7H,3-6H2,1-2H3,(H2,12,13,14). The summed E-state index contributed by atoms with van der Waals surface area (Å²) in [4.78, 5) is 10.4. The van der Waals surface area contributed by atoms with Crippen LogP contribution in [0.3, 0.4) is 0 Å². The Morgan fingerprint density at radius 2 is 2.20 bits per heavy atom. The topological polar surface area (TPSA) is 55.0 Å². The van der Waals surface area contributed by atoms with Crippen molar-refractivity contribution in [2.75, 3.05) is 23.7 Å². The highest BCUT2D eigenvalue weighted by molar-refractivity contribution is 9.10. The highest BCUT2D eigenvalue weighted by Crippen LogP contribution is 2.23. The van der Waals surface area contributed by atoms with E-state index >= 15 is 0 Å². The van der Waals surface area contributed by atoms with Crippen LogP contribution in [0.5, 0.6) is 0 Å². The first-order valence-corrected chi connectivity index (χ1v) is 6.01. The Morgan fingerprint density at radius 1 is 1.47 bits per heavy atom. The van der Waals surface area contributed by atoms with Crippen molar-refractivity contribution in [2.45, 2.75) is 26.7 Å². The molecule has 0 aliphatic rings. The Labute approximate surface area is 99.0 Å². The van der Waals surface area contributed by atoms with E-state index in [2.05, 4.69) is 44.6 Å². The second-order valence-corrected chi connectivity index (χ2v) is 4.19. The fraction of sp³-hybridized carbons (Fsp3) is 0.600. The quantitative estimate of drug-likeness (QED) is 0.895. The van der Waals surface area contributed by atoms with Gasteiger partial charge in [0.25, 0.3) is 0 Å². The zero-order chi connectivity index (χ0) is 11.3. The summed E-state index contributed by atoms with van der Waals surface area (Å²) in [5.74, 6) is 1.21. The molecule has 5 heteroatoms. The van der Waals surface area contributed by atoms with Crippen molar-refractivity contribution in [2.24, 2.45) is 0 Å². The molecule has 0 radical (unpaired) electrons. The van der Waals surface area contributed by atoms with Gasteiger partial charge in [-0.25, -0.2) is 4.98 Å². The van der Waals surface area contributed by atoms with Crippen LogP contribution in [0.1, 0.15) is 26.7 Å². The molecule has 0 atom stereocenters. The minimum absolute atomic E-state index is 0.322. The lowest BCUT2D eigenvalue weighted by molar-refractivity contribution is 0.722. The molecule has 1 aromatic rings. The second-order valence-electron chi connectivity index (χ2n) is 3.33. The zero-order valence-corrected chi connectivity index (χ0v) is 10.8. The first kappa shape index (κ1) is 12.2. The van der Waals surface area contributed by atoms with Crippen LogP contribution >= 0.6 is 15.9 Å². The third kappa shape index (κ3) is 3.34. The molecule has 0 aliphatic carbocycles. The smallest absolute Gasteiger partial charge is 0.222 e. The van der Waals surface area contributed by atoms with E-state index < -0.39 is 0 Å². The van der Waals surface area contributed by atoms with Crippen LogP contribution in [0.25, 0.3) is 0 Å². The molecule has 0 spiro atoms. The predicted molar refractivity (Wildman–Crippen MR) is 66.9 cm³/mol. The maximum Gasteiger partial charge on any atom is 0.222 e. The molecule has 1 heterocycles. The summed E-state index contributed by atoms with van der Waals surface area (Å²) >= 11 is 3.44. The minimum Gasteiger partial charge on any atom is -0.368 e. The lowest BCUT2D eigenvalue weighted by Gasteiger charge is -2.22. The number of nitrogens with two attached hydrogens (primary N) is 1. The van der Waals surface area contributed by atoms with Gasteiger partial charge in [0, 0.05) is 19.3 Å². The Morgan fingerprint density at radius 3 is 2.80 bits per heavy atom. The molecular formula is C10H17BrN4. The molecular weight excluding hydrogens is 256 g/mol. The summed E-state index contributed by atoms with van der Waals surface area (Å²) < 4.78 is 0.898. The average Bonchev–Trinajstić information content (AvgIpc) is 2.24. The predicted octanol–water partition coefficient (Wildman–Crippen LogP) is 2.45. The van der Waals surface area contributed by atoms with E-state index in [1.165, 1.54) is 6.42 Å². The van der Waals surface area contributed by atoms with Gasteiger partial charge in [0.05, 0.1) is 4.47 Å². The van der Waals surface area contributed by atoms with Crippen LogP contribution in [-0.4, -0.2) is 23.1 Å². The molecule has 0 amide bonds. The highest BCUT2D eigenvalue weighted by atomic mass is 79.9. The number of anilines is 2. The number of halogens is 1. The molecule has 4 nitrogen and oxygen atoms in total. The van der Waals surface area contributed by atoms with Crippen molar-refractivity contribution in [3.8, 4) is 0 Å². The minimum atomic E-state index is 0.322. The van der Waals surface area contributed by atoms with Crippen molar-refractivity contribution < 1.29 is 0 Å². The van der Waals surface area contributed by atoms with E-state index in [1.807, 2.05) is 0 Å². The summed E-state index contributed by atoms with van der Waals surface area (Å²) in [5, 5.41) is 0. The van der Waals surface area contributed by atoms with Crippen LogP contribution in [0.4, 0.5) is 11.8 Å². The maximum absolute atomic E-state index is 5.58. The Bertz CT molecular complexity index is 316. The summed E-state index contributed by atoms with van der Waals surface area (Å²) in [6.07, 6.45) is 4.03. The van der Waals surface area contributed by atoms with Crippen molar-refractivity contribution in [1.29, 1.82) is 0 Å². The van der Waals surface area contributed by atoms with Crippen molar-refractivity contribution in [3.63, 3.8) is 0 Å². The average molecular weight is 273 g/mol. The monoisotopic (exact) mass is 272 g/mol. The van der Waals surface area contributed by atoms with Crippen LogP contribution in [0.15, 0.2) is 10.7 Å². The van der Waals surface area contributed by atoms with Crippen molar-refractivity contribution >= 4 is 27.7 Å². The third-order valence-electron chi connectivity index (χ3n) is 2.21. The maximum atomic E-state index is 5.58. The largest absolute Gasteiger partial charge is 0.368 e. The molecule has 0 bridgehead atoms. The lowest BCUT2D eigenvalue weighted by Crippen LogP contribution is -2.25. The van der Waals surface area contributed by atoms with Crippen LogP contribution in [0, 0.1) is 0 Å². The van der Waals surface area contributed by atoms with Gasteiger partial charge in [-0.3, -0.25) is 0 Å². The number of hydrogen-bond donors (Lipinski definition) is 1. The Hall–Kier alpha value is -0.840. The van der Waals surface area contributed by atoms with Gasteiger partial charge in [0.2, 0.25) is 5.95 Å². The van der Waals surface area contributed by atoms with Gasteiger partial charge in [-0.05, 0) is 29.3 Å². The van der Waals surface area contributed by atoms with E-state index in [0.717, 1.165) is 29.8 Å². The van der Waals surface area contributed by atoms with Gasteiger partial charge in [0.1, 0.15) is 5.82 Å². The van der Waals surface area contributed by atoms with E-state index in [9.17, 15) is 0 Å². The van der Waals surface area contributed by atoms with E-state index in [0.29, 0.717) is 5.95 Å². The van der Waals surface area contributed by atoms with Crippen LogP contribution < -0.4 is 10.6 Å². The van der Waals surface area contributed by atoms with Crippen molar-refractivity contribution in [3.05, 3.63) is 10.7 Å². The molecule has 0 fully saturated rings. The van der Waals surface area contributed by atoms with Gasteiger partial charge >= 0.3 is 0 Å². The Kier molecular flexibility index (Phi) is 4.81. The molecule has 1 aromatic heterocycles. The molecule has 0 aliphatic heterocycles. The fourth-order valence-electron chi connectivity index (χ4n) is 1.36. The molecule has 2 N–H and O–H groups in total. The summed E-state index contributed by atoms with van der Waals surface area (Å²) in [5.41, 5.74) is 5.58. The van der Waals surface area contributed by atoms with Crippen LogP contribution in [0.2, 0.25) is 0 Å². The van der Waals surface area contributed by atoms with Gasteiger partial charge in [-0.1, -0.05) is 13.3 Å². The van der Waals surface area contributed by atoms with Crippen molar-refractivity contribution in [1.82, 2.24) is 9.97 Å². The summed E-state index contributed by atoms with van der Waals surface area (Å²) in [6, 6.07) is 0. The van der Waals surface area contributed by atoms with Gasteiger partial charge < -0.3 is 10.6 Å². The summed E-state index contributed by atoms with van der Waals surface area (Å²) in [7, 11) is 0. The summed E-state index contributed by atoms with van der Waals surface area (Å²) in [6.45, 7) is 6.22. The molecule has 0 unspecified atom stereocenters. The third-order valence-corrected chi connectivity index (χ3v) is 2.77. The number of nitrogens with zero attached hydrogens (tertiary/aromatic N) is 3. The zero-order valence-electron chi connectivity index (χ0n) is 9.20. The number of unbranched alkanes of at least 4 members (excludes halogenated alkanes) is 1. The van der Waals surface area contributed by atoms with E-state index in [-0.39, 0.29) is 0 Å². The van der Waals surface area contributed by atoms with Gasteiger partial charge in [0.15, 0.2) is 0 Å². The molecule has 0 saturated heterocycles. The molecule has 0 aromatic carbocycles. The molecule has 15 heavy (non-hydrogen) atoms. The molecule has 84 valence electrons. The number of nitrogen functional groups attached to an aromatic ring is 1. The van der Waals surface area contributed by atoms with Crippen LogP contribution in [-0.2, 0) is 0 Å². The molecule has 0 saturated carbocycles. The van der Waals surface area contributed by atoms with Gasteiger partial charge in [-0.2, -0.15) is 4.98 Å². The number of rotatable bonds is 5. The SMILES string of the molecule is CCCCN(CC)c1nc(N)ncc1Br. The lowest BCUT2D eigenvalue weighted by atomic mass is 10.3. The number of hydrogen-bond acceptors (Lipinski definition) is 4. The van der Waals surface area contributed by atoms with E-state index in [4.69, 9.17) is 5.73 Å². The highest BCUT2D eigenvalue weighted by Gasteiger charge is 2.10. The fourth-order valence-corrected chi connectivity index (χ4v) is 1.80. The number of aromatic nitrogens is 2. The Balaban J connectivity index is 2.85.